The molecule has 7 heteroatoms. The van der Waals surface area contributed by atoms with Crippen LogP contribution in [0.4, 0.5) is 5.13 Å². The number of aryl methyl sites for hydroxylation is 2. The molecule has 36 heavy (non-hydrogen) atoms. The van der Waals surface area contributed by atoms with Crippen molar-refractivity contribution in [3.63, 3.8) is 0 Å². The number of rotatable bonds is 10. The first-order valence-electron chi connectivity index (χ1n) is 12.2. The predicted molar refractivity (Wildman–Crippen MR) is 145 cm³/mol. The van der Waals surface area contributed by atoms with Gasteiger partial charge in [0.2, 0.25) is 11.0 Å². The minimum atomic E-state index is -0.772. The van der Waals surface area contributed by atoms with Crippen LogP contribution in [0, 0.1) is 6.92 Å². The Hall–Kier alpha value is -3.84. The monoisotopic (exact) mass is 498 g/mol. The number of hydrogen-bond donors (Lipinski definition) is 2. The second-order valence-electron chi connectivity index (χ2n) is 8.78. The molecule has 1 aromatic heterocycles. The fraction of sp³-hybridized carbons (Fsp3) is 0.241. The van der Waals surface area contributed by atoms with Crippen LogP contribution in [0.2, 0.25) is 0 Å². The summed E-state index contributed by atoms with van der Waals surface area (Å²) < 4.78 is 0. The third kappa shape index (κ3) is 6.86. The lowest BCUT2D eigenvalue weighted by molar-refractivity contribution is -0.118. The summed E-state index contributed by atoms with van der Waals surface area (Å²) in [6.45, 7) is 4.18. The van der Waals surface area contributed by atoms with E-state index >= 15 is 0 Å². The zero-order valence-corrected chi connectivity index (χ0v) is 21.3. The number of anilines is 1. The molecule has 6 nitrogen and oxygen atoms in total. The molecule has 0 aliphatic heterocycles. The SMILES string of the molecule is CCCCc1ccc(C(=O)NC(Cc2ccccc2)C(=O)Nc2nnc(-c3ccc(C)cc3)s2)cc1. The van der Waals surface area contributed by atoms with Crippen molar-refractivity contribution in [1.82, 2.24) is 15.5 Å². The normalized spacial score (nSPS) is 11.6. The van der Waals surface area contributed by atoms with Gasteiger partial charge in [-0.25, -0.2) is 0 Å². The topological polar surface area (TPSA) is 84.0 Å². The second-order valence-corrected chi connectivity index (χ2v) is 9.76. The van der Waals surface area contributed by atoms with E-state index in [0.29, 0.717) is 17.1 Å². The van der Waals surface area contributed by atoms with E-state index in [1.807, 2.05) is 85.8 Å². The van der Waals surface area contributed by atoms with Crippen LogP contribution in [0.25, 0.3) is 10.6 Å². The van der Waals surface area contributed by atoms with Crippen molar-refractivity contribution in [3.8, 4) is 10.6 Å². The molecule has 4 rings (SSSR count). The average molecular weight is 499 g/mol. The van der Waals surface area contributed by atoms with Crippen LogP contribution in [0.1, 0.15) is 46.8 Å². The van der Waals surface area contributed by atoms with E-state index in [4.69, 9.17) is 0 Å². The molecule has 2 N–H and O–H groups in total. The molecule has 3 aromatic carbocycles. The Bertz CT molecular complexity index is 1290. The molecule has 2 amide bonds. The van der Waals surface area contributed by atoms with Gasteiger partial charge in [0.05, 0.1) is 0 Å². The molecule has 0 saturated carbocycles. The summed E-state index contributed by atoms with van der Waals surface area (Å²) in [4.78, 5) is 26.3. The smallest absolute Gasteiger partial charge is 0.251 e. The second kappa shape index (κ2) is 12.2. The summed E-state index contributed by atoms with van der Waals surface area (Å²) in [6.07, 6.45) is 3.59. The highest BCUT2D eigenvalue weighted by Gasteiger charge is 2.23. The van der Waals surface area contributed by atoms with E-state index in [9.17, 15) is 9.59 Å². The zero-order chi connectivity index (χ0) is 25.3. The number of nitrogens with one attached hydrogen (secondary N) is 2. The molecular weight excluding hydrogens is 468 g/mol. The van der Waals surface area contributed by atoms with Gasteiger partial charge in [-0.1, -0.05) is 97.0 Å². The highest BCUT2D eigenvalue weighted by molar-refractivity contribution is 7.18. The first kappa shape index (κ1) is 25.3. The Kier molecular flexibility index (Phi) is 8.57. The van der Waals surface area contributed by atoms with E-state index < -0.39 is 6.04 Å². The van der Waals surface area contributed by atoms with Crippen molar-refractivity contribution >= 4 is 28.3 Å². The lowest BCUT2D eigenvalue weighted by atomic mass is 10.0. The van der Waals surface area contributed by atoms with Crippen molar-refractivity contribution in [3.05, 3.63) is 101 Å². The van der Waals surface area contributed by atoms with Crippen LogP contribution in [0.5, 0.6) is 0 Å². The standard InChI is InChI=1S/C29H30N4O2S/c1-3-4-8-21-13-17-23(18-14-21)26(34)30-25(19-22-9-6-5-7-10-22)27(35)31-29-33-32-28(36-29)24-15-11-20(2)12-16-24/h5-7,9-18,25H,3-4,8,19H2,1-2H3,(H,30,34)(H,31,33,35). The van der Waals surface area contributed by atoms with Crippen LogP contribution < -0.4 is 10.6 Å². The summed E-state index contributed by atoms with van der Waals surface area (Å²) in [5, 5.41) is 15.2. The Balaban J connectivity index is 1.47. The van der Waals surface area contributed by atoms with Gasteiger partial charge in [0.15, 0.2) is 0 Å². The predicted octanol–water partition coefficient (Wildman–Crippen LogP) is 5.84. The first-order chi connectivity index (χ1) is 17.5. The van der Waals surface area contributed by atoms with Gasteiger partial charge in [0.1, 0.15) is 11.0 Å². The third-order valence-corrected chi connectivity index (χ3v) is 6.78. The quantitative estimate of drug-likeness (QED) is 0.288. The molecule has 184 valence electrons. The van der Waals surface area contributed by atoms with E-state index in [0.717, 1.165) is 41.0 Å². The van der Waals surface area contributed by atoms with Crippen LogP contribution in [0.3, 0.4) is 0 Å². The Labute approximate surface area is 215 Å². The van der Waals surface area contributed by atoms with Crippen molar-refractivity contribution in [2.24, 2.45) is 0 Å². The molecule has 0 radical (unpaired) electrons. The number of unbranched alkanes of at least 4 members (excludes halogenated alkanes) is 1. The molecule has 1 unspecified atom stereocenters. The summed E-state index contributed by atoms with van der Waals surface area (Å²) in [7, 11) is 0. The summed E-state index contributed by atoms with van der Waals surface area (Å²) in [5.74, 6) is -0.621. The number of benzene rings is 3. The lowest BCUT2D eigenvalue weighted by Crippen LogP contribution is -2.45. The van der Waals surface area contributed by atoms with E-state index in [1.54, 1.807) is 0 Å². The number of nitrogens with zero attached hydrogens (tertiary/aromatic N) is 2. The highest BCUT2D eigenvalue weighted by Crippen LogP contribution is 2.26. The summed E-state index contributed by atoms with van der Waals surface area (Å²) in [6, 6.07) is 24.4. The van der Waals surface area contributed by atoms with Crippen molar-refractivity contribution in [1.29, 1.82) is 0 Å². The van der Waals surface area contributed by atoms with Gasteiger partial charge in [0, 0.05) is 17.5 Å². The highest BCUT2D eigenvalue weighted by atomic mass is 32.1. The summed E-state index contributed by atoms with van der Waals surface area (Å²) in [5.41, 5.74) is 4.78. The largest absolute Gasteiger partial charge is 0.340 e. The Morgan fingerprint density at radius 3 is 2.31 bits per heavy atom. The molecule has 0 aliphatic carbocycles. The van der Waals surface area contributed by atoms with Gasteiger partial charge in [0.25, 0.3) is 5.91 Å². The molecule has 0 fully saturated rings. The van der Waals surface area contributed by atoms with Crippen molar-refractivity contribution in [2.75, 3.05) is 5.32 Å². The molecule has 4 aromatic rings. The average Bonchev–Trinajstić information content (AvgIpc) is 3.36. The number of amides is 2. The molecule has 0 saturated heterocycles. The van der Waals surface area contributed by atoms with E-state index in [2.05, 4.69) is 27.8 Å². The van der Waals surface area contributed by atoms with E-state index in [-0.39, 0.29) is 11.8 Å². The number of hydrogen-bond acceptors (Lipinski definition) is 5. The van der Waals surface area contributed by atoms with Crippen LogP contribution in [0.15, 0.2) is 78.9 Å². The third-order valence-electron chi connectivity index (χ3n) is 5.89. The molecule has 0 aliphatic rings. The van der Waals surface area contributed by atoms with Gasteiger partial charge in [-0.2, -0.15) is 0 Å². The number of carbonyl (C=O) groups is 2. The molecule has 0 spiro atoms. The van der Waals surface area contributed by atoms with Crippen molar-refractivity contribution < 1.29 is 9.59 Å². The molecular formula is C29H30N4O2S. The number of aromatic nitrogens is 2. The van der Waals surface area contributed by atoms with Gasteiger partial charge < -0.3 is 5.32 Å². The lowest BCUT2D eigenvalue weighted by Gasteiger charge is -2.18. The van der Waals surface area contributed by atoms with Gasteiger partial charge in [-0.15, -0.1) is 10.2 Å². The zero-order valence-electron chi connectivity index (χ0n) is 20.5. The van der Waals surface area contributed by atoms with Gasteiger partial charge in [-0.3, -0.25) is 14.9 Å². The fourth-order valence-electron chi connectivity index (χ4n) is 3.78. The molecule has 1 heterocycles. The minimum Gasteiger partial charge on any atom is -0.340 e. The maximum Gasteiger partial charge on any atom is 0.251 e. The molecule has 1 atom stereocenters. The Morgan fingerprint density at radius 1 is 0.889 bits per heavy atom. The maximum atomic E-state index is 13.3. The van der Waals surface area contributed by atoms with Crippen LogP contribution >= 0.6 is 11.3 Å². The molecule has 0 bridgehead atoms. The van der Waals surface area contributed by atoms with Gasteiger partial charge >= 0.3 is 0 Å². The summed E-state index contributed by atoms with van der Waals surface area (Å²) >= 11 is 1.30. The van der Waals surface area contributed by atoms with Gasteiger partial charge in [-0.05, 0) is 43.0 Å². The van der Waals surface area contributed by atoms with Crippen molar-refractivity contribution in [2.45, 2.75) is 45.6 Å². The van der Waals surface area contributed by atoms with Crippen LogP contribution in [-0.2, 0) is 17.6 Å². The first-order valence-corrected chi connectivity index (χ1v) is 13.0. The fourth-order valence-corrected chi connectivity index (χ4v) is 4.54. The van der Waals surface area contributed by atoms with E-state index in [1.165, 1.54) is 16.9 Å². The maximum absolute atomic E-state index is 13.3. The number of carbonyl (C=O) groups excluding carboxylic acids is 2. The van der Waals surface area contributed by atoms with Crippen LogP contribution in [-0.4, -0.2) is 28.1 Å². The minimum absolute atomic E-state index is 0.286. The Morgan fingerprint density at radius 2 is 1.61 bits per heavy atom.